The van der Waals surface area contributed by atoms with Crippen molar-refractivity contribution in [2.45, 2.75) is 38.1 Å². The van der Waals surface area contributed by atoms with Crippen LogP contribution in [-0.2, 0) is 0 Å². The molecule has 16 heavy (non-hydrogen) atoms. The van der Waals surface area contributed by atoms with Crippen molar-refractivity contribution in [1.82, 2.24) is 4.57 Å². The lowest BCUT2D eigenvalue weighted by Crippen LogP contribution is -2.22. The van der Waals surface area contributed by atoms with Crippen LogP contribution in [0.4, 0.5) is 0 Å². The largest absolute Gasteiger partial charge is 0.420 e. The van der Waals surface area contributed by atoms with Gasteiger partial charge < -0.3 is 4.42 Å². The Labute approximate surface area is 93.7 Å². The zero-order valence-corrected chi connectivity index (χ0v) is 9.19. The van der Waals surface area contributed by atoms with Gasteiger partial charge in [0.25, 0.3) is 0 Å². The summed E-state index contributed by atoms with van der Waals surface area (Å²) in [5.41, 5.74) is 1.65. The van der Waals surface area contributed by atoms with E-state index in [1.54, 1.807) is 0 Å². The van der Waals surface area contributed by atoms with Gasteiger partial charge in [-0.25, -0.2) is 4.79 Å². The van der Waals surface area contributed by atoms with E-state index in [2.05, 4.69) is 0 Å². The maximum atomic E-state index is 11.8. The Morgan fingerprint density at radius 3 is 2.69 bits per heavy atom. The number of rotatable bonds is 1. The molecule has 3 nitrogen and oxygen atoms in total. The van der Waals surface area contributed by atoms with Crippen LogP contribution < -0.4 is 5.76 Å². The molecule has 0 atom stereocenters. The van der Waals surface area contributed by atoms with Crippen molar-refractivity contribution >= 4 is 11.1 Å². The van der Waals surface area contributed by atoms with Gasteiger partial charge >= 0.3 is 5.76 Å². The average Bonchev–Trinajstić information content (AvgIpc) is 2.66. The lowest BCUT2D eigenvalue weighted by atomic mass is 9.95. The van der Waals surface area contributed by atoms with Crippen LogP contribution in [0.25, 0.3) is 11.1 Å². The van der Waals surface area contributed by atoms with E-state index in [1.165, 1.54) is 19.3 Å². The van der Waals surface area contributed by atoms with Crippen molar-refractivity contribution in [2.75, 3.05) is 0 Å². The van der Waals surface area contributed by atoms with Crippen LogP contribution in [0.2, 0.25) is 0 Å². The zero-order valence-electron chi connectivity index (χ0n) is 9.19. The van der Waals surface area contributed by atoms with Crippen LogP contribution in [0.5, 0.6) is 0 Å². The molecule has 1 aliphatic carbocycles. The fourth-order valence-corrected chi connectivity index (χ4v) is 2.67. The van der Waals surface area contributed by atoms with Crippen molar-refractivity contribution in [3.8, 4) is 0 Å². The van der Waals surface area contributed by atoms with Crippen LogP contribution in [0.3, 0.4) is 0 Å². The zero-order chi connectivity index (χ0) is 11.0. The van der Waals surface area contributed by atoms with E-state index in [4.69, 9.17) is 4.42 Å². The predicted molar refractivity (Wildman–Crippen MR) is 62.6 cm³/mol. The van der Waals surface area contributed by atoms with Gasteiger partial charge in [0.1, 0.15) is 0 Å². The number of nitrogens with zero attached hydrogens (tertiary/aromatic N) is 1. The second-order valence-corrected chi connectivity index (χ2v) is 4.50. The molecule has 0 unspecified atom stereocenters. The molecule has 0 radical (unpaired) electrons. The van der Waals surface area contributed by atoms with Crippen LogP contribution in [-0.4, -0.2) is 4.57 Å². The van der Waals surface area contributed by atoms with E-state index >= 15 is 0 Å². The molecule has 0 saturated heterocycles. The molecular weight excluding hydrogens is 202 g/mol. The fraction of sp³-hybridized carbons (Fsp3) is 0.462. The molecule has 1 aromatic carbocycles. The maximum absolute atomic E-state index is 11.8. The molecule has 0 amide bonds. The Morgan fingerprint density at radius 1 is 1.12 bits per heavy atom. The van der Waals surface area contributed by atoms with Crippen molar-refractivity contribution in [3.05, 3.63) is 34.8 Å². The number of hydrogen-bond donors (Lipinski definition) is 0. The Kier molecular flexibility index (Phi) is 2.31. The van der Waals surface area contributed by atoms with E-state index in [9.17, 15) is 4.79 Å². The third kappa shape index (κ3) is 1.47. The highest BCUT2D eigenvalue weighted by atomic mass is 16.4. The molecule has 2 aromatic rings. The number of hydrogen-bond acceptors (Lipinski definition) is 2. The topological polar surface area (TPSA) is 35.1 Å². The maximum Gasteiger partial charge on any atom is 0.420 e. The number of aromatic nitrogens is 1. The SMILES string of the molecule is O=c1oc2ccccc2n1C1CCCCC1. The Morgan fingerprint density at radius 2 is 1.88 bits per heavy atom. The van der Waals surface area contributed by atoms with Gasteiger partial charge in [-0.15, -0.1) is 0 Å². The summed E-state index contributed by atoms with van der Waals surface area (Å²) >= 11 is 0. The van der Waals surface area contributed by atoms with Crippen LogP contribution in [0, 0.1) is 0 Å². The monoisotopic (exact) mass is 217 g/mol. The van der Waals surface area contributed by atoms with E-state index in [-0.39, 0.29) is 5.76 Å². The van der Waals surface area contributed by atoms with Crippen LogP contribution in [0.1, 0.15) is 38.1 Å². The number of oxazole rings is 1. The normalized spacial score (nSPS) is 18.0. The molecule has 1 aromatic heterocycles. The minimum atomic E-state index is -0.201. The summed E-state index contributed by atoms with van der Waals surface area (Å²) in [6.07, 6.45) is 5.93. The van der Waals surface area contributed by atoms with Gasteiger partial charge in [0.05, 0.1) is 5.52 Å². The molecule has 0 bridgehead atoms. The minimum absolute atomic E-state index is 0.201. The van der Waals surface area contributed by atoms with Crippen molar-refractivity contribution in [3.63, 3.8) is 0 Å². The van der Waals surface area contributed by atoms with E-state index < -0.39 is 0 Å². The third-order valence-corrected chi connectivity index (χ3v) is 3.46. The molecule has 84 valence electrons. The molecule has 0 aliphatic heterocycles. The lowest BCUT2D eigenvalue weighted by Gasteiger charge is -2.22. The van der Waals surface area contributed by atoms with E-state index in [0.717, 1.165) is 18.4 Å². The summed E-state index contributed by atoms with van der Waals surface area (Å²) in [4.78, 5) is 11.8. The summed E-state index contributed by atoms with van der Waals surface area (Å²) in [5, 5.41) is 0. The number of benzene rings is 1. The number of para-hydroxylation sites is 2. The average molecular weight is 217 g/mol. The Hall–Kier alpha value is -1.51. The summed E-state index contributed by atoms with van der Waals surface area (Å²) in [7, 11) is 0. The molecule has 3 heteroatoms. The molecule has 1 aliphatic rings. The van der Waals surface area contributed by atoms with E-state index in [0.29, 0.717) is 11.6 Å². The summed E-state index contributed by atoms with van der Waals surface area (Å²) in [6.45, 7) is 0. The first kappa shape index (κ1) is 9.70. The van der Waals surface area contributed by atoms with Gasteiger partial charge in [-0.05, 0) is 25.0 Å². The van der Waals surface area contributed by atoms with Gasteiger partial charge in [0.15, 0.2) is 5.58 Å². The van der Waals surface area contributed by atoms with E-state index in [1.807, 2.05) is 28.8 Å². The Bertz CT molecular complexity index is 546. The summed E-state index contributed by atoms with van der Waals surface area (Å²) < 4.78 is 7.10. The van der Waals surface area contributed by atoms with Crippen molar-refractivity contribution in [1.29, 1.82) is 0 Å². The fourth-order valence-electron chi connectivity index (χ4n) is 2.67. The molecule has 3 rings (SSSR count). The molecule has 1 saturated carbocycles. The highest BCUT2D eigenvalue weighted by Crippen LogP contribution is 2.29. The minimum Gasteiger partial charge on any atom is -0.408 e. The second kappa shape index (κ2) is 3.81. The molecule has 1 heterocycles. The van der Waals surface area contributed by atoms with Gasteiger partial charge in [0.2, 0.25) is 0 Å². The standard InChI is InChI=1S/C13H15NO2/c15-13-14(10-6-2-1-3-7-10)11-8-4-5-9-12(11)16-13/h4-5,8-10H,1-3,6-7H2. The highest BCUT2D eigenvalue weighted by molar-refractivity contribution is 5.72. The van der Waals surface area contributed by atoms with Crippen LogP contribution in [0.15, 0.2) is 33.5 Å². The van der Waals surface area contributed by atoms with Gasteiger partial charge in [-0.2, -0.15) is 0 Å². The molecule has 0 spiro atoms. The predicted octanol–water partition coefficient (Wildman–Crippen LogP) is 3.10. The first-order valence-electron chi connectivity index (χ1n) is 5.96. The van der Waals surface area contributed by atoms with Crippen molar-refractivity contribution in [2.24, 2.45) is 0 Å². The highest BCUT2D eigenvalue weighted by Gasteiger charge is 2.20. The number of fused-ring (bicyclic) bond motifs is 1. The molecular formula is C13H15NO2. The smallest absolute Gasteiger partial charge is 0.408 e. The van der Waals surface area contributed by atoms with Gasteiger partial charge in [0, 0.05) is 6.04 Å². The first-order chi connectivity index (χ1) is 7.86. The van der Waals surface area contributed by atoms with Crippen LogP contribution >= 0.6 is 0 Å². The van der Waals surface area contributed by atoms with Gasteiger partial charge in [-0.3, -0.25) is 4.57 Å². The summed E-state index contributed by atoms with van der Waals surface area (Å²) in [5.74, 6) is -0.201. The lowest BCUT2D eigenvalue weighted by molar-refractivity contribution is 0.336. The second-order valence-electron chi connectivity index (χ2n) is 4.50. The Balaban J connectivity index is 2.14. The molecule has 0 N–H and O–H groups in total. The van der Waals surface area contributed by atoms with Gasteiger partial charge in [-0.1, -0.05) is 31.4 Å². The molecule has 1 fully saturated rings. The third-order valence-electron chi connectivity index (χ3n) is 3.46. The van der Waals surface area contributed by atoms with Crippen molar-refractivity contribution < 1.29 is 4.42 Å². The first-order valence-corrected chi connectivity index (χ1v) is 5.96. The summed E-state index contributed by atoms with van der Waals surface area (Å²) in [6, 6.07) is 8.02. The quantitative estimate of drug-likeness (QED) is 0.735.